The molecule has 12 heavy (non-hydrogen) atoms. The third-order valence-electron chi connectivity index (χ3n) is 1.38. The summed E-state index contributed by atoms with van der Waals surface area (Å²) in [6.07, 6.45) is 0. The molecular weight excluding hydrogens is 156 g/mol. The van der Waals surface area contributed by atoms with E-state index in [1.54, 1.807) is 27.4 Å². The van der Waals surface area contributed by atoms with Crippen molar-refractivity contribution in [1.82, 2.24) is 0 Å². The van der Waals surface area contributed by atoms with Crippen molar-refractivity contribution in [3.63, 3.8) is 0 Å². The van der Waals surface area contributed by atoms with Gasteiger partial charge in [0.1, 0.15) is 17.2 Å². The van der Waals surface area contributed by atoms with Crippen LogP contribution in [0, 0.1) is 12.1 Å². The summed E-state index contributed by atoms with van der Waals surface area (Å²) in [5.41, 5.74) is 0. The number of methoxy groups -OCH3 is 3. The molecule has 3 heteroatoms. The van der Waals surface area contributed by atoms with Gasteiger partial charge in [0, 0.05) is 6.07 Å². The summed E-state index contributed by atoms with van der Waals surface area (Å²) in [5, 5.41) is 0. The molecular formula is C9H10O3. The van der Waals surface area contributed by atoms with Gasteiger partial charge in [-0.05, 0) is 0 Å². The molecule has 1 rings (SSSR count). The van der Waals surface area contributed by atoms with Gasteiger partial charge in [-0.2, -0.15) is 0 Å². The number of hydrogen-bond acceptors (Lipinski definition) is 3. The molecule has 1 aromatic carbocycles. The zero-order valence-electron chi connectivity index (χ0n) is 7.30. The summed E-state index contributed by atoms with van der Waals surface area (Å²) < 4.78 is 14.9. The molecule has 2 radical (unpaired) electrons. The van der Waals surface area contributed by atoms with Crippen LogP contribution in [0.2, 0.25) is 0 Å². The van der Waals surface area contributed by atoms with Gasteiger partial charge in [-0.25, -0.2) is 0 Å². The van der Waals surface area contributed by atoms with E-state index in [0.29, 0.717) is 17.2 Å². The van der Waals surface area contributed by atoms with Gasteiger partial charge in [0.15, 0.2) is 0 Å². The van der Waals surface area contributed by atoms with Crippen molar-refractivity contribution in [2.24, 2.45) is 0 Å². The third kappa shape index (κ3) is 1.81. The van der Waals surface area contributed by atoms with E-state index in [2.05, 4.69) is 12.1 Å². The summed E-state index contributed by atoms with van der Waals surface area (Å²) in [6.45, 7) is 0. The Kier molecular flexibility index (Phi) is 2.80. The first kappa shape index (κ1) is 8.71. The first-order valence-corrected chi connectivity index (χ1v) is 3.41. The first-order valence-electron chi connectivity index (χ1n) is 3.41. The first-order chi connectivity index (χ1) is 5.80. The van der Waals surface area contributed by atoms with Crippen LogP contribution >= 0.6 is 0 Å². The maximum Gasteiger partial charge on any atom is 0.142 e. The predicted molar refractivity (Wildman–Crippen MR) is 43.8 cm³/mol. The zero-order chi connectivity index (χ0) is 8.97. The molecule has 64 valence electrons. The van der Waals surface area contributed by atoms with E-state index in [9.17, 15) is 0 Å². The fraction of sp³-hybridized carbons (Fsp3) is 0.333. The monoisotopic (exact) mass is 166 g/mol. The molecule has 1 aromatic rings. The van der Waals surface area contributed by atoms with Crippen LogP contribution in [0.5, 0.6) is 17.2 Å². The summed E-state index contributed by atoms with van der Waals surface area (Å²) >= 11 is 0. The van der Waals surface area contributed by atoms with E-state index in [1.807, 2.05) is 0 Å². The molecule has 0 fully saturated rings. The number of hydrogen-bond donors (Lipinski definition) is 0. The Labute approximate surface area is 71.9 Å². The lowest BCUT2D eigenvalue weighted by Gasteiger charge is -2.05. The highest BCUT2D eigenvalue weighted by molar-refractivity contribution is 5.39. The minimum absolute atomic E-state index is 0.478. The number of ether oxygens (including phenoxy) is 3. The molecule has 0 bridgehead atoms. The van der Waals surface area contributed by atoms with E-state index < -0.39 is 0 Å². The Balaban J connectivity index is 3.01. The molecule has 0 heterocycles. The van der Waals surface area contributed by atoms with Crippen LogP contribution in [0.25, 0.3) is 0 Å². The largest absolute Gasteiger partial charge is 0.496 e. The van der Waals surface area contributed by atoms with Crippen molar-refractivity contribution in [3.8, 4) is 17.2 Å². The molecule has 0 amide bonds. The highest BCUT2D eigenvalue weighted by Gasteiger charge is 2.01. The zero-order valence-corrected chi connectivity index (χ0v) is 7.30. The average molecular weight is 166 g/mol. The lowest BCUT2D eigenvalue weighted by molar-refractivity contribution is 0.373. The Morgan fingerprint density at radius 1 is 0.917 bits per heavy atom. The second kappa shape index (κ2) is 3.85. The van der Waals surface area contributed by atoms with Crippen LogP contribution in [0.1, 0.15) is 0 Å². The third-order valence-corrected chi connectivity index (χ3v) is 1.38. The van der Waals surface area contributed by atoms with Crippen LogP contribution in [0.4, 0.5) is 0 Å². The van der Waals surface area contributed by atoms with Crippen LogP contribution < -0.4 is 14.2 Å². The Bertz CT molecular complexity index is 203. The van der Waals surface area contributed by atoms with Gasteiger partial charge < -0.3 is 14.2 Å². The van der Waals surface area contributed by atoms with Crippen molar-refractivity contribution in [2.75, 3.05) is 21.3 Å². The van der Waals surface area contributed by atoms with E-state index in [-0.39, 0.29) is 0 Å². The second-order valence-electron chi connectivity index (χ2n) is 2.06. The maximum absolute atomic E-state index is 4.96. The molecule has 3 nitrogen and oxygen atoms in total. The van der Waals surface area contributed by atoms with Gasteiger partial charge in [-0.15, -0.1) is 0 Å². The number of rotatable bonds is 3. The van der Waals surface area contributed by atoms with Crippen molar-refractivity contribution in [2.45, 2.75) is 0 Å². The summed E-state index contributed by atoms with van der Waals surface area (Å²) in [7, 11) is 4.66. The lowest BCUT2D eigenvalue weighted by atomic mass is 10.3. The van der Waals surface area contributed by atoms with Gasteiger partial charge in [0.05, 0.1) is 33.5 Å². The highest BCUT2D eigenvalue weighted by atomic mass is 16.5. The molecule has 0 saturated carbocycles. The molecule has 0 aliphatic carbocycles. The quantitative estimate of drug-likeness (QED) is 0.677. The smallest absolute Gasteiger partial charge is 0.142 e. The minimum Gasteiger partial charge on any atom is -0.496 e. The fourth-order valence-electron chi connectivity index (χ4n) is 0.768. The van der Waals surface area contributed by atoms with E-state index in [4.69, 9.17) is 14.2 Å². The summed E-state index contributed by atoms with van der Waals surface area (Å²) in [6, 6.07) is 7.36. The topological polar surface area (TPSA) is 27.7 Å². The molecule has 0 saturated heterocycles. The van der Waals surface area contributed by atoms with Crippen LogP contribution in [0.15, 0.2) is 6.07 Å². The van der Waals surface area contributed by atoms with Gasteiger partial charge in [-0.3, -0.25) is 0 Å². The fourth-order valence-corrected chi connectivity index (χ4v) is 0.768. The van der Waals surface area contributed by atoms with Crippen molar-refractivity contribution >= 4 is 0 Å². The maximum atomic E-state index is 4.96. The van der Waals surface area contributed by atoms with Gasteiger partial charge in [-0.1, -0.05) is 0 Å². The molecule has 0 spiro atoms. The van der Waals surface area contributed by atoms with Crippen molar-refractivity contribution in [3.05, 3.63) is 18.2 Å². The highest BCUT2D eigenvalue weighted by Crippen LogP contribution is 2.25. The molecule has 0 unspecified atom stereocenters. The summed E-state index contributed by atoms with van der Waals surface area (Å²) in [5.74, 6) is 1.62. The average Bonchev–Trinajstić information content (AvgIpc) is 2.16. The van der Waals surface area contributed by atoms with Crippen LogP contribution in [0.3, 0.4) is 0 Å². The summed E-state index contributed by atoms with van der Waals surface area (Å²) in [4.78, 5) is 0. The second-order valence-corrected chi connectivity index (χ2v) is 2.06. The molecule has 0 aliphatic rings. The van der Waals surface area contributed by atoms with Crippen LogP contribution in [-0.4, -0.2) is 21.3 Å². The molecule has 0 N–H and O–H groups in total. The SMILES string of the molecule is COc1[c]c(OC)cc(OC)[c]1. The molecule has 0 aromatic heterocycles. The Hall–Kier alpha value is -1.38. The minimum atomic E-state index is 0.478. The lowest BCUT2D eigenvalue weighted by Crippen LogP contribution is -1.90. The van der Waals surface area contributed by atoms with Crippen molar-refractivity contribution in [1.29, 1.82) is 0 Å². The number of benzene rings is 1. The van der Waals surface area contributed by atoms with Gasteiger partial charge in [0.2, 0.25) is 0 Å². The van der Waals surface area contributed by atoms with Gasteiger partial charge >= 0.3 is 0 Å². The Morgan fingerprint density at radius 3 is 1.75 bits per heavy atom. The van der Waals surface area contributed by atoms with E-state index in [1.165, 1.54) is 0 Å². The van der Waals surface area contributed by atoms with Crippen molar-refractivity contribution < 1.29 is 14.2 Å². The molecule has 0 atom stereocenters. The van der Waals surface area contributed by atoms with E-state index >= 15 is 0 Å². The van der Waals surface area contributed by atoms with E-state index in [0.717, 1.165) is 0 Å². The molecule has 0 aliphatic heterocycles. The standard InChI is InChI=1S/C9H10O3/c1-10-7-4-8(11-2)6-9(5-7)12-3/h4H,1-3H3. The predicted octanol–water partition coefficient (Wildman–Crippen LogP) is 1.31. The normalized spacial score (nSPS) is 9.25. The van der Waals surface area contributed by atoms with Crippen LogP contribution in [-0.2, 0) is 0 Å². The van der Waals surface area contributed by atoms with Gasteiger partial charge in [0.25, 0.3) is 0 Å². The Morgan fingerprint density at radius 2 is 1.42 bits per heavy atom.